The molecule has 0 aliphatic rings. The highest BCUT2D eigenvalue weighted by Gasteiger charge is 2.33. The molecule has 0 spiro atoms. The van der Waals surface area contributed by atoms with Gasteiger partial charge in [-0.2, -0.15) is 0 Å². The molecule has 218 valence electrons. The molecule has 0 aliphatic heterocycles. The van der Waals surface area contributed by atoms with E-state index in [-0.39, 0.29) is 0 Å². The van der Waals surface area contributed by atoms with Crippen molar-refractivity contribution >= 4 is 43.7 Å². The molecule has 9 heteroatoms. The summed E-state index contributed by atoms with van der Waals surface area (Å²) in [7, 11) is 0. The van der Waals surface area contributed by atoms with Gasteiger partial charge in [-0.15, -0.1) is 0 Å². The van der Waals surface area contributed by atoms with Crippen molar-refractivity contribution in [3.63, 3.8) is 0 Å². The summed E-state index contributed by atoms with van der Waals surface area (Å²) >= 11 is 0. The maximum Gasteiger partial charge on any atom is 0.227 e. The fourth-order valence-corrected chi connectivity index (χ4v) is 6.47. The molecule has 6 heterocycles. The molecule has 46 heavy (non-hydrogen) atoms. The SMILES string of the molecule is c1ccc2[nH]c(-c3nc4c(-c5occ6ccccc56)c(-c5ncco5)c(-c5ccon5)c(-c5cc6ccccc6o5)c4[nH]3)cc2c1. The number of rotatable bonds is 5. The molecule has 0 aliphatic carbocycles. The van der Waals surface area contributed by atoms with Crippen LogP contribution < -0.4 is 0 Å². The quantitative estimate of drug-likeness (QED) is 0.202. The fraction of sp³-hybridized carbons (Fsp3) is 0. The van der Waals surface area contributed by atoms with Crippen molar-refractivity contribution in [3.8, 4) is 56.9 Å². The number of hydrogen-bond acceptors (Lipinski definition) is 7. The van der Waals surface area contributed by atoms with Crippen LogP contribution in [0.4, 0.5) is 0 Å². The van der Waals surface area contributed by atoms with Crippen LogP contribution in [-0.4, -0.2) is 25.1 Å². The monoisotopic (exact) mass is 599 g/mol. The van der Waals surface area contributed by atoms with Crippen molar-refractivity contribution in [1.82, 2.24) is 25.1 Å². The Morgan fingerprint density at radius 3 is 2.35 bits per heavy atom. The molecule has 2 N–H and O–H groups in total. The highest BCUT2D eigenvalue weighted by atomic mass is 16.5. The van der Waals surface area contributed by atoms with Crippen LogP contribution >= 0.6 is 0 Å². The summed E-state index contributed by atoms with van der Waals surface area (Å²) in [5, 5.41) is 8.35. The van der Waals surface area contributed by atoms with Crippen LogP contribution in [0.15, 0.2) is 134 Å². The van der Waals surface area contributed by atoms with Crippen molar-refractivity contribution in [1.29, 1.82) is 0 Å². The second kappa shape index (κ2) is 9.44. The largest absolute Gasteiger partial charge is 0.463 e. The van der Waals surface area contributed by atoms with E-state index in [1.165, 1.54) is 0 Å². The number of para-hydroxylation sites is 2. The van der Waals surface area contributed by atoms with E-state index in [9.17, 15) is 0 Å². The van der Waals surface area contributed by atoms with Gasteiger partial charge in [0.25, 0.3) is 0 Å². The number of H-pyrrole nitrogens is 2. The standard InChI is InChI=1S/C37H21N5O4/c1-4-10-23-22(9-1)19-44-35(23)32-31(37-38-14-16-43-37)29(25-13-15-45-42-25)30(28-18-21-8-3-6-12-27(21)46-28)33-34(32)41-36(40-33)26-17-20-7-2-5-11-24(20)39-26/h1-19,39H,(H,40,41). The third-order valence-electron chi connectivity index (χ3n) is 8.47. The minimum Gasteiger partial charge on any atom is -0.463 e. The third kappa shape index (κ3) is 3.59. The van der Waals surface area contributed by atoms with Crippen LogP contribution in [0.5, 0.6) is 0 Å². The van der Waals surface area contributed by atoms with Gasteiger partial charge in [-0.05, 0) is 24.3 Å². The Morgan fingerprint density at radius 2 is 1.52 bits per heavy atom. The van der Waals surface area contributed by atoms with Crippen LogP contribution in [0.1, 0.15) is 0 Å². The average Bonchev–Trinajstić information content (AvgIpc) is 3.93. The summed E-state index contributed by atoms with van der Waals surface area (Å²) < 4.78 is 24.4. The minimum absolute atomic E-state index is 0.378. The van der Waals surface area contributed by atoms with Gasteiger partial charge in [0.15, 0.2) is 5.82 Å². The summed E-state index contributed by atoms with van der Waals surface area (Å²) in [6.45, 7) is 0. The number of nitrogens with zero attached hydrogens (tertiary/aromatic N) is 3. The number of aromatic amines is 2. The van der Waals surface area contributed by atoms with E-state index >= 15 is 0 Å². The number of furan rings is 2. The molecule has 10 rings (SSSR count). The molecule has 0 saturated heterocycles. The Morgan fingerprint density at radius 1 is 0.674 bits per heavy atom. The molecule has 9 nitrogen and oxygen atoms in total. The van der Waals surface area contributed by atoms with Crippen molar-refractivity contribution < 1.29 is 17.8 Å². The van der Waals surface area contributed by atoms with Crippen LogP contribution in [-0.2, 0) is 0 Å². The molecular formula is C37H21N5O4. The van der Waals surface area contributed by atoms with Crippen molar-refractivity contribution in [2.45, 2.75) is 0 Å². The molecule has 0 amide bonds. The van der Waals surface area contributed by atoms with Gasteiger partial charge in [-0.1, -0.05) is 65.8 Å². The van der Waals surface area contributed by atoms with Crippen LogP contribution in [0.3, 0.4) is 0 Å². The van der Waals surface area contributed by atoms with Gasteiger partial charge in [0, 0.05) is 38.7 Å². The minimum atomic E-state index is 0.378. The Balaban J connectivity index is 1.42. The summed E-state index contributed by atoms with van der Waals surface area (Å²) in [6, 6.07) is 30.0. The first-order valence-corrected chi connectivity index (χ1v) is 14.7. The number of nitrogens with one attached hydrogen (secondary N) is 2. The zero-order valence-corrected chi connectivity index (χ0v) is 23.9. The average molecular weight is 600 g/mol. The Hall–Kier alpha value is -6.61. The van der Waals surface area contributed by atoms with Gasteiger partial charge >= 0.3 is 0 Å². The Bertz CT molecular complexity index is 2640. The van der Waals surface area contributed by atoms with Crippen LogP contribution in [0.2, 0.25) is 0 Å². The Kier molecular flexibility index (Phi) is 5.09. The highest BCUT2D eigenvalue weighted by Crippen LogP contribution is 2.52. The summed E-state index contributed by atoms with van der Waals surface area (Å²) in [4.78, 5) is 17.1. The first kappa shape index (κ1) is 24.8. The first-order valence-electron chi connectivity index (χ1n) is 14.7. The van der Waals surface area contributed by atoms with E-state index in [1.807, 2.05) is 78.9 Å². The topological polar surface area (TPSA) is 123 Å². The first-order chi connectivity index (χ1) is 22.8. The van der Waals surface area contributed by atoms with E-state index in [4.69, 9.17) is 22.8 Å². The van der Waals surface area contributed by atoms with E-state index in [2.05, 4.69) is 32.2 Å². The lowest BCUT2D eigenvalue weighted by atomic mass is 9.88. The van der Waals surface area contributed by atoms with Crippen molar-refractivity contribution in [2.24, 2.45) is 0 Å². The maximum absolute atomic E-state index is 6.55. The molecule has 6 aromatic heterocycles. The molecule has 4 aromatic carbocycles. The lowest BCUT2D eigenvalue weighted by Gasteiger charge is -2.15. The number of benzene rings is 4. The van der Waals surface area contributed by atoms with Gasteiger partial charge in [-0.3, -0.25) is 0 Å². The summed E-state index contributed by atoms with van der Waals surface area (Å²) in [5.41, 5.74) is 7.36. The number of oxazole rings is 1. The van der Waals surface area contributed by atoms with Gasteiger partial charge in [-0.25, -0.2) is 9.97 Å². The predicted molar refractivity (Wildman–Crippen MR) is 175 cm³/mol. The number of aromatic nitrogens is 5. The predicted octanol–water partition coefficient (Wildman–Crippen LogP) is 9.85. The second-order valence-corrected chi connectivity index (χ2v) is 11.1. The molecule has 0 atom stereocenters. The number of hydrogen-bond donors (Lipinski definition) is 2. The smallest absolute Gasteiger partial charge is 0.227 e. The summed E-state index contributed by atoms with van der Waals surface area (Å²) in [6.07, 6.45) is 6.48. The van der Waals surface area contributed by atoms with Gasteiger partial charge in [0.05, 0.1) is 40.4 Å². The zero-order valence-electron chi connectivity index (χ0n) is 23.9. The normalized spacial score (nSPS) is 11.9. The molecular weight excluding hydrogens is 578 g/mol. The third-order valence-corrected chi connectivity index (χ3v) is 8.47. The lowest BCUT2D eigenvalue weighted by molar-refractivity contribution is 0.422. The Labute approximate surface area is 259 Å². The molecule has 0 fully saturated rings. The van der Waals surface area contributed by atoms with Gasteiger partial charge in [0.2, 0.25) is 5.89 Å². The highest BCUT2D eigenvalue weighted by molar-refractivity contribution is 6.17. The van der Waals surface area contributed by atoms with Gasteiger partial charge < -0.3 is 27.7 Å². The summed E-state index contributed by atoms with van der Waals surface area (Å²) in [5.74, 6) is 2.28. The van der Waals surface area contributed by atoms with Gasteiger partial charge in [0.1, 0.15) is 40.8 Å². The molecule has 0 radical (unpaired) electrons. The molecule has 0 bridgehead atoms. The van der Waals surface area contributed by atoms with Crippen LogP contribution in [0.25, 0.3) is 101 Å². The molecule has 0 unspecified atom stereocenters. The van der Waals surface area contributed by atoms with E-state index in [0.717, 1.165) is 49.4 Å². The second-order valence-electron chi connectivity index (χ2n) is 11.1. The fourth-order valence-electron chi connectivity index (χ4n) is 6.47. The number of imidazole rings is 1. The molecule has 0 saturated carbocycles. The lowest BCUT2D eigenvalue weighted by Crippen LogP contribution is -1.97. The van der Waals surface area contributed by atoms with Crippen molar-refractivity contribution in [3.05, 3.63) is 116 Å². The number of fused-ring (bicyclic) bond motifs is 4. The zero-order chi connectivity index (χ0) is 30.2. The van der Waals surface area contributed by atoms with E-state index in [1.54, 1.807) is 25.0 Å². The molecule has 10 aromatic rings. The van der Waals surface area contributed by atoms with E-state index in [0.29, 0.717) is 51.1 Å². The van der Waals surface area contributed by atoms with Crippen LogP contribution in [0, 0.1) is 0 Å². The van der Waals surface area contributed by atoms with Crippen molar-refractivity contribution in [2.75, 3.05) is 0 Å². The van der Waals surface area contributed by atoms with E-state index < -0.39 is 0 Å². The maximum atomic E-state index is 6.55.